The Labute approximate surface area is 82.5 Å². The van der Waals surface area contributed by atoms with Crippen molar-refractivity contribution in [2.24, 2.45) is 5.73 Å². The Kier molecular flexibility index (Phi) is 2.17. The van der Waals surface area contributed by atoms with E-state index in [9.17, 15) is 0 Å². The minimum absolute atomic E-state index is 0.308. The van der Waals surface area contributed by atoms with Crippen LogP contribution in [0.5, 0.6) is 0 Å². The second-order valence-electron chi connectivity index (χ2n) is 3.37. The Bertz CT molecular complexity index is 388. The average Bonchev–Trinajstić information content (AvgIpc) is 2.73. The van der Waals surface area contributed by atoms with Crippen LogP contribution in [0.15, 0.2) is 33.1 Å². The van der Waals surface area contributed by atoms with Crippen LogP contribution in [0.4, 0.5) is 0 Å². The zero-order chi connectivity index (χ0) is 10.1. The third kappa shape index (κ3) is 1.59. The molecule has 0 amide bonds. The van der Waals surface area contributed by atoms with Gasteiger partial charge in [0, 0.05) is 0 Å². The number of nitrogens with two attached hydrogens (primary N) is 1. The zero-order valence-electron chi connectivity index (χ0n) is 8.28. The molecule has 0 saturated carbocycles. The summed E-state index contributed by atoms with van der Waals surface area (Å²) in [7, 11) is 0. The summed E-state index contributed by atoms with van der Waals surface area (Å²) < 4.78 is 10.8. The van der Waals surface area contributed by atoms with E-state index < -0.39 is 0 Å². The van der Waals surface area contributed by atoms with Gasteiger partial charge in [-0.1, -0.05) is 0 Å². The molecule has 0 bridgehead atoms. The van der Waals surface area contributed by atoms with Crippen LogP contribution in [-0.4, -0.2) is 0 Å². The lowest BCUT2D eigenvalue weighted by Gasteiger charge is -2.04. The molecule has 0 unspecified atom stereocenters. The van der Waals surface area contributed by atoms with Crippen LogP contribution in [0, 0.1) is 13.8 Å². The Hall–Kier alpha value is -1.48. The molecule has 0 fully saturated rings. The Morgan fingerprint density at radius 1 is 0.929 bits per heavy atom. The van der Waals surface area contributed by atoms with Gasteiger partial charge >= 0.3 is 0 Å². The van der Waals surface area contributed by atoms with Crippen LogP contribution in [-0.2, 0) is 0 Å². The van der Waals surface area contributed by atoms with E-state index in [-0.39, 0.29) is 6.04 Å². The molecule has 0 aliphatic carbocycles. The second kappa shape index (κ2) is 3.35. The molecule has 2 heterocycles. The van der Waals surface area contributed by atoms with Gasteiger partial charge in [-0.05, 0) is 38.1 Å². The fourth-order valence-electron chi connectivity index (χ4n) is 1.38. The normalized spacial score (nSPS) is 11.1. The highest BCUT2D eigenvalue weighted by atomic mass is 16.4. The van der Waals surface area contributed by atoms with Gasteiger partial charge in [-0.25, -0.2) is 0 Å². The number of aryl methyl sites for hydroxylation is 2. The molecule has 0 spiro atoms. The average molecular weight is 191 g/mol. The minimum atomic E-state index is -0.308. The van der Waals surface area contributed by atoms with Crippen LogP contribution in [0.2, 0.25) is 0 Å². The molecule has 0 atom stereocenters. The molecule has 0 saturated heterocycles. The van der Waals surface area contributed by atoms with E-state index in [1.165, 1.54) is 0 Å². The standard InChI is InChI=1S/C11H13NO2/c1-7-3-5-9(13-7)11(12)10-6-4-8(2)14-10/h3-6,11H,12H2,1-2H3. The lowest BCUT2D eigenvalue weighted by Crippen LogP contribution is -2.09. The molecular formula is C11H13NO2. The topological polar surface area (TPSA) is 52.3 Å². The zero-order valence-corrected chi connectivity index (χ0v) is 8.28. The summed E-state index contributed by atoms with van der Waals surface area (Å²) in [5.74, 6) is 3.19. The lowest BCUT2D eigenvalue weighted by molar-refractivity contribution is 0.412. The molecule has 2 N–H and O–H groups in total. The van der Waals surface area contributed by atoms with Crippen molar-refractivity contribution in [2.45, 2.75) is 19.9 Å². The van der Waals surface area contributed by atoms with E-state index in [0.717, 1.165) is 23.0 Å². The summed E-state index contributed by atoms with van der Waals surface area (Å²) in [5, 5.41) is 0. The van der Waals surface area contributed by atoms with Crippen molar-refractivity contribution >= 4 is 0 Å². The molecule has 3 heteroatoms. The molecule has 3 nitrogen and oxygen atoms in total. The van der Waals surface area contributed by atoms with E-state index in [4.69, 9.17) is 14.6 Å². The summed E-state index contributed by atoms with van der Waals surface area (Å²) in [6.07, 6.45) is 0. The fraction of sp³-hybridized carbons (Fsp3) is 0.273. The monoisotopic (exact) mass is 191 g/mol. The molecule has 2 aromatic rings. The first-order valence-corrected chi connectivity index (χ1v) is 4.55. The number of rotatable bonds is 2. The molecule has 0 aliphatic heterocycles. The van der Waals surface area contributed by atoms with Crippen LogP contribution in [0.1, 0.15) is 29.1 Å². The van der Waals surface area contributed by atoms with Crippen molar-refractivity contribution < 1.29 is 8.83 Å². The van der Waals surface area contributed by atoms with E-state index in [1.54, 1.807) is 0 Å². The first-order valence-electron chi connectivity index (χ1n) is 4.55. The van der Waals surface area contributed by atoms with Gasteiger partial charge in [0.05, 0.1) is 0 Å². The summed E-state index contributed by atoms with van der Waals surface area (Å²) >= 11 is 0. The molecule has 0 aromatic carbocycles. The predicted octanol–water partition coefficient (Wildman–Crippen LogP) is 2.54. The first-order chi connectivity index (χ1) is 6.66. The van der Waals surface area contributed by atoms with Crippen molar-refractivity contribution in [1.82, 2.24) is 0 Å². The largest absolute Gasteiger partial charge is 0.464 e. The third-order valence-electron chi connectivity index (χ3n) is 2.14. The van der Waals surface area contributed by atoms with Crippen LogP contribution in [0.3, 0.4) is 0 Å². The highest BCUT2D eigenvalue weighted by Gasteiger charge is 2.15. The SMILES string of the molecule is Cc1ccc(C(N)c2ccc(C)o2)o1. The molecule has 2 rings (SSSR count). The minimum Gasteiger partial charge on any atom is -0.464 e. The van der Waals surface area contributed by atoms with Gasteiger partial charge in [0.1, 0.15) is 29.1 Å². The van der Waals surface area contributed by atoms with Crippen molar-refractivity contribution in [3.05, 3.63) is 47.3 Å². The Morgan fingerprint density at radius 2 is 1.36 bits per heavy atom. The van der Waals surface area contributed by atoms with Crippen molar-refractivity contribution in [2.75, 3.05) is 0 Å². The van der Waals surface area contributed by atoms with Gasteiger partial charge < -0.3 is 14.6 Å². The predicted molar refractivity (Wildman–Crippen MR) is 52.9 cm³/mol. The first kappa shape index (κ1) is 9.09. The Morgan fingerprint density at radius 3 is 1.64 bits per heavy atom. The van der Waals surface area contributed by atoms with Gasteiger partial charge in [0.25, 0.3) is 0 Å². The Balaban J connectivity index is 2.28. The molecule has 0 radical (unpaired) electrons. The van der Waals surface area contributed by atoms with Gasteiger partial charge in [0.2, 0.25) is 0 Å². The van der Waals surface area contributed by atoms with E-state index in [0.29, 0.717) is 0 Å². The quantitative estimate of drug-likeness (QED) is 0.793. The van der Waals surface area contributed by atoms with Crippen molar-refractivity contribution in [3.8, 4) is 0 Å². The molecule has 74 valence electrons. The van der Waals surface area contributed by atoms with Crippen LogP contribution in [0.25, 0.3) is 0 Å². The summed E-state index contributed by atoms with van der Waals surface area (Å²) in [6, 6.07) is 7.23. The highest BCUT2D eigenvalue weighted by Crippen LogP contribution is 2.22. The van der Waals surface area contributed by atoms with E-state index in [1.807, 2.05) is 38.1 Å². The van der Waals surface area contributed by atoms with E-state index >= 15 is 0 Å². The van der Waals surface area contributed by atoms with Crippen LogP contribution >= 0.6 is 0 Å². The number of hydrogen-bond donors (Lipinski definition) is 1. The molecule has 2 aromatic heterocycles. The number of furan rings is 2. The second-order valence-corrected chi connectivity index (χ2v) is 3.37. The lowest BCUT2D eigenvalue weighted by atomic mass is 10.2. The summed E-state index contributed by atoms with van der Waals surface area (Å²) in [4.78, 5) is 0. The molecule has 0 aliphatic rings. The highest BCUT2D eigenvalue weighted by molar-refractivity contribution is 5.20. The third-order valence-corrected chi connectivity index (χ3v) is 2.14. The molecular weight excluding hydrogens is 178 g/mol. The molecule has 14 heavy (non-hydrogen) atoms. The maximum atomic E-state index is 5.96. The maximum absolute atomic E-state index is 5.96. The van der Waals surface area contributed by atoms with Crippen molar-refractivity contribution in [3.63, 3.8) is 0 Å². The smallest absolute Gasteiger partial charge is 0.128 e. The van der Waals surface area contributed by atoms with E-state index in [2.05, 4.69) is 0 Å². The van der Waals surface area contributed by atoms with Crippen molar-refractivity contribution in [1.29, 1.82) is 0 Å². The maximum Gasteiger partial charge on any atom is 0.128 e. The van der Waals surface area contributed by atoms with Gasteiger partial charge in [0.15, 0.2) is 0 Å². The van der Waals surface area contributed by atoms with Crippen LogP contribution < -0.4 is 5.73 Å². The van der Waals surface area contributed by atoms with Gasteiger partial charge in [-0.15, -0.1) is 0 Å². The number of hydrogen-bond acceptors (Lipinski definition) is 3. The van der Waals surface area contributed by atoms with Gasteiger partial charge in [-0.3, -0.25) is 0 Å². The van der Waals surface area contributed by atoms with Gasteiger partial charge in [-0.2, -0.15) is 0 Å². The summed E-state index contributed by atoms with van der Waals surface area (Å²) in [5.41, 5.74) is 5.96. The summed E-state index contributed by atoms with van der Waals surface area (Å²) in [6.45, 7) is 3.78. The fourth-order valence-corrected chi connectivity index (χ4v) is 1.38.